The van der Waals surface area contributed by atoms with Gasteiger partial charge in [-0.3, -0.25) is 19.3 Å². The third kappa shape index (κ3) is 3.81. The fourth-order valence-corrected chi connectivity index (χ4v) is 5.72. The molecule has 2 aliphatic rings. The lowest BCUT2D eigenvalue weighted by Gasteiger charge is -2.34. The normalized spacial score (nSPS) is 19.8. The monoisotopic (exact) mass is 488 g/mol. The van der Waals surface area contributed by atoms with Crippen LogP contribution in [0.3, 0.4) is 0 Å². The van der Waals surface area contributed by atoms with Crippen LogP contribution in [0.4, 0.5) is 10.9 Å². The Labute approximate surface area is 205 Å². The molecule has 3 N–H and O–H groups in total. The number of aromatic nitrogens is 5. The summed E-state index contributed by atoms with van der Waals surface area (Å²) in [7, 11) is 0. The van der Waals surface area contributed by atoms with Gasteiger partial charge in [-0.05, 0) is 38.3 Å². The molecule has 4 aromatic rings. The molecule has 10 nitrogen and oxygen atoms in total. The van der Waals surface area contributed by atoms with Crippen LogP contribution in [0.15, 0.2) is 36.7 Å². The van der Waals surface area contributed by atoms with E-state index in [1.54, 1.807) is 25.3 Å². The average Bonchev–Trinajstić information content (AvgIpc) is 3.56. The number of hydrogen-bond donors (Lipinski definition) is 2. The van der Waals surface area contributed by atoms with Crippen LogP contribution >= 0.6 is 11.5 Å². The molecule has 0 spiro atoms. The second-order valence-corrected chi connectivity index (χ2v) is 9.79. The van der Waals surface area contributed by atoms with Crippen LogP contribution in [-0.4, -0.2) is 53.0 Å². The fourth-order valence-electron chi connectivity index (χ4n) is 5.15. The zero-order valence-electron chi connectivity index (χ0n) is 19.1. The molecule has 178 valence electrons. The number of imidazole rings is 1. The number of fused-ring (bicyclic) bond motifs is 2. The van der Waals surface area contributed by atoms with Gasteiger partial charge in [-0.2, -0.15) is 4.37 Å². The molecular weight excluding hydrogens is 464 g/mol. The minimum absolute atomic E-state index is 0.122. The maximum Gasteiger partial charge on any atom is 0.257 e. The molecule has 0 radical (unpaired) electrons. The number of nitrogens with zero attached hydrogens (tertiary/aromatic N) is 6. The highest BCUT2D eigenvalue weighted by molar-refractivity contribution is 7.09. The zero-order valence-corrected chi connectivity index (χ0v) is 20.0. The van der Waals surface area contributed by atoms with Crippen molar-refractivity contribution in [2.24, 2.45) is 0 Å². The second kappa shape index (κ2) is 8.42. The highest BCUT2D eigenvalue weighted by atomic mass is 32.1. The van der Waals surface area contributed by atoms with Gasteiger partial charge in [-0.25, -0.2) is 15.0 Å². The van der Waals surface area contributed by atoms with Gasteiger partial charge in [0.15, 0.2) is 0 Å². The van der Waals surface area contributed by atoms with E-state index in [0.29, 0.717) is 47.0 Å². The number of piperidine rings is 1. The van der Waals surface area contributed by atoms with Gasteiger partial charge in [0.25, 0.3) is 5.91 Å². The first-order chi connectivity index (χ1) is 17.0. The van der Waals surface area contributed by atoms with E-state index in [2.05, 4.69) is 19.7 Å². The molecule has 3 aromatic heterocycles. The van der Waals surface area contributed by atoms with E-state index in [1.807, 2.05) is 27.6 Å². The lowest BCUT2D eigenvalue weighted by molar-refractivity contribution is -0.130. The number of nitrogen functional groups attached to an aromatic ring is 1. The molecule has 0 aliphatic carbocycles. The second-order valence-electron chi connectivity index (χ2n) is 9.04. The van der Waals surface area contributed by atoms with Gasteiger partial charge in [-0.1, -0.05) is 12.1 Å². The Morgan fingerprint density at radius 1 is 1.17 bits per heavy atom. The number of hydrogen-bond acceptors (Lipinski definition) is 8. The topological polar surface area (TPSA) is 131 Å². The van der Waals surface area contributed by atoms with E-state index in [-0.39, 0.29) is 17.7 Å². The van der Waals surface area contributed by atoms with Gasteiger partial charge in [0.1, 0.15) is 28.7 Å². The van der Waals surface area contributed by atoms with Crippen LogP contribution in [-0.2, 0) is 4.79 Å². The van der Waals surface area contributed by atoms with Crippen molar-refractivity contribution >= 4 is 39.8 Å². The average molecular weight is 489 g/mol. The number of rotatable bonds is 4. The maximum absolute atomic E-state index is 12.6. The summed E-state index contributed by atoms with van der Waals surface area (Å²) in [6, 6.07) is 7.59. The zero-order chi connectivity index (χ0) is 24.1. The minimum Gasteiger partial charge on any atom is -0.382 e. The summed E-state index contributed by atoms with van der Waals surface area (Å²) < 4.78 is 6.08. The standard InChI is InChI=1S/C24H24N8O2S/c1-13-27-24(35-30-13)29-23(34)15-4-2-14(3-5-15)19-20-21(25)26-10-11-31(20)22(28-19)16-6-7-17-8-9-18(33)32(17)12-16/h2-5,10-11,16-17H,6-9,12H2,1H3,(H2,25,26)(H,27,29,30,34)/t16-,17+/m1/s1. The van der Waals surface area contributed by atoms with Crippen molar-refractivity contribution in [2.75, 3.05) is 17.6 Å². The van der Waals surface area contributed by atoms with Crippen LogP contribution in [0.1, 0.15) is 53.6 Å². The molecule has 35 heavy (non-hydrogen) atoms. The summed E-state index contributed by atoms with van der Waals surface area (Å²) in [4.78, 5) is 40.5. The van der Waals surface area contributed by atoms with E-state index in [0.717, 1.165) is 47.7 Å². The molecule has 2 fully saturated rings. The highest BCUT2D eigenvalue weighted by Crippen LogP contribution is 2.38. The molecule has 0 unspecified atom stereocenters. The first-order valence-corrected chi connectivity index (χ1v) is 12.4. The number of amides is 2. The van der Waals surface area contributed by atoms with E-state index in [4.69, 9.17) is 10.7 Å². The summed E-state index contributed by atoms with van der Waals surface area (Å²) in [6.45, 7) is 2.45. The van der Waals surface area contributed by atoms with Crippen molar-refractivity contribution in [2.45, 2.75) is 44.6 Å². The molecular formula is C24H24N8O2S. The van der Waals surface area contributed by atoms with Crippen LogP contribution in [0.2, 0.25) is 0 Å². The van der Waals surface area contributed by atoms with E-state index in [1.165, 1.54) is 0 Å². The van der Waals surface area contributed by atoms with Crippen LogP contribution in [0, 0.1) is 6.92 Å². The number of nitrogens with one attached hydrogen (secondary N) is 1. The van der Waals surface area contributed by atoms with Crippen LogP contribution in [0.5, 0.6) is 0 Å². The molecule has 2 atom stereocenters. The quantitative estimate of drug-likeness (QED) is 0.451. The lowest BCUT2D eigenvalue weighted by Crippen LogP contribution is -2.41. The van der Waals surface area contributed by atoms with Crippen LogP contribution < -0.4 is 11.1 Å². The molecule has 2 amide bonds. The van der Waals surface area contributed by atoms with Crippen molar-refractivity contribution in [3.8, 4) is 11.3 Å². The lowest BCUT2D eigenvalue weighted by atomic mass is 9.92. The van der Waals surface area contributed by atoms with Crippen molar-refractivity contribution < 1.29 is 9.59 Å². The Hall–Kier alpha value is -3.86. The van der Waals surface area contributed by atoms with Crippen molar-refractivity contribution in [1.82, 2.24) is 28.6 Å². The predicted molar refractivity (Wildman–Crippen MR) is 132 cm³/mol. The SMILES string of the molecule is Cc1nsc(NC(=O)c2ccc(-c3nc([C@@H]4CC[C@H]5CCC(=O)N5C4)n4ccnc(N)c34)cc2)n1. The number of carbonyl (C=O) groups excluding carboxylic acids is 2. The fraction of sp³-hybridized carbons (Fsp3) is 0.333. The van der Waals surface area contributed by atoms with Gasteiger partial charge in [0.05, 0.1) is 0 Å². The number of benzene rings is 1. The number of carbonyl (C=O) groups is 2. The van der Waals surface area contributed by atoms with Gasteiger partial charge in [-0.15, -0.1) is 0 Å². The number of nitrogens with two attached hydrogens (primary N) is 1. The molecule has 5 heterocycles. The summed E-state index contributed by atoms with van der Waals surface area (Å²) in [5.41, 5.74) is 9.09. The molecule has 6 rings (SSSR count). The largest absolute Gasteiger partial charge is 0.382 e. The van der Waals surface area contributed by atoms with Crippen molar-refractivity contribution in [1.29, 1.82) is 0 Å². The molecule has 2 saturated heterocycles. The summed E-state index contributed by atoms with van der Waals surface area (Å²) in [5.74, 6) is 2.00. The number of anilines is 2. The maximum atomic E-state index is 12.6. The minimum atomic E-state index is -0.253. The van der Waals surface area contributed by atoms with Gasteiger partial charge in [0.2, 0.25) is 11.0 Å². The van der Waals surface area contributed by atoms with Gasteiger partial charge >= 0.3 is 0 Å². The van der Waals surface area contributed by atoms with Gasteiger partial charge < -0.3 is 10.6 Å². The van der Waals surface area contributed by atoms with Gasteiger partial charge in [0, 0.05) is 60.0 Å². The summed E-state index contributed by atoms with van der Waals surface area (Å²) >= 11 is 1.15. The third-order valence-electron chi connectivity index (χ3n) is 6.86. The molecule has 2 aliphatic heterocycles. The van der Waals surface area contributed by atoms with E-state index in [9.17, 15) is 9.59 Å². The number of aryl methyl sites for hydroxylation is 1. The van der Waals surface area contributed by atoms with Crippen molar-refractivity contribution in [3.05, 3.63) is 53.9 Å². The van der Waals surface area contributed by atoms with E-state index >= 15 is 0 Å². The van der Waals surface area contributed by atoms with Crippen LogP contribution in [0.25, 0.3) is 16.8 Å². The van der Waals surface area contributed by atoms with E-state index < -0.39 is 0 Å². The summed E-state index contributed by atoms with van der Waals surface area (Å²) in [5, 5.41) is 3.23. The first kappa shape index (κ1) is 21.7. The Kier molecular flexibility index (Phi) is 5.21. The first-order valence-electron chi connectivity index (χ1n) is 11.6. The third-order valence-corrected chi connectivity index (χ3v) is 7.58. The predicted octanol–water partition coefficient (Wildman–Crippen LogP) is 3.26. The van der Waals surface area contributed by atoms with Crippen molar-refractivity contribution in [3.63, 3.8) is 0 Å². The molecule has 11 heteroatoms. The molecule has 0 saturated carbocycles. The Bertz CT molecular complexity index is 1440. The molecule has 0 bridgehead atoms. The molecule has 1 aromatic carbocycles. The smallest absolute Gasteiger partial charge is 0.257 e. The Morgan fingerprint density at radius 2 is 2.00 bits per heavy atom. The Morgan fingerprint density at radius 3 is 2.77 bits per heavy atom. The summed E-state index contributed by atoms with van der Waals surface area (Å²) in [6.07, 6.45) is 7.10. The Balaban J connectivity index is 1.32. The highest BCUT2D eigenvalue weighted by Gasteiger charge is 2.38.